The maximum Gasteiger partial charge on any atom is 0.241 e. The normalized spacial score (nSPS) is 16.6. The molecule has 2 aromatic carbocycles. The Labute approximate surface area is 166 Å². The fraction of sp³-hybridized carbons (Fsp3) is 0.381. The minimum Gasteiger partial charge on any atom is -0.379 e. The molecule has 1 atom stereocenters. The van der Waals surface area contributed by atoms with Gasteiger partial charge in [-0.15, -0.1) is 0 Å². The third kappa shape index (κ3) is 5.26. The SMILES string of the molecule is CC(=O)c1cccc(S(=O)(=O)N[C@@H](CN2CCOCC2)c2ccc(C)cc2)c1. The Hall–Kier alpha value is -2.06. The molecule has 0 spiro atoms. The van der Waals surface area contributed by atoms with Crippen molar-refractivity contribution < 1.29 is 17.9 Å². The summed E-state index contributed by atoms with van der Waals surface area (Å²) in [5.74, 6) is -0.166. The molecule has 1 aliphatic heterocycles. The molecular formula is C21H26N2O4S. The predicted molar refractivity (Wildman–Crippen MR) is 108 cm³/mol. The molecule has 3 rings (SSSR count). The molecule has 6 nitrogen and oxygen atoms in total. The van der Waals surface area contributed by atoms with Crippen molar-refractivity contribution in [2.45, 2.75) is 24.8 Å². The fourth-order valence-corrected chi connectivity index (χ4v) is 4.45. The molecule has 1 saturated heterocycles. The highest BCUT2D eigenvalue weighted by Crippen LogP contribution is 2.21. The molecule has 150 valence electrons. The Balaban J connectivity index is 1.87. The number of sulfonamides is 1. The van der Waals surface area contributed by atoms with Crippen molar-refractivity contribution in [2.24, 2.45) is 0 Å². The molecule has 1 aliphatic rings. The largest absolute Gasteiger partial charge is 0.379 e. The molecule has 0 radical (unpaired) electrons. The highest BCUT2D eigenvalue weighted by Gasteiger charge is 2.25. The molecule has 0 aromatic heterocycles. The van der Waals surface area contributed by atoms with E-state index in [1.807, 2.05) is 31.2 Å². The van der Waals surface area contributed by atoms with Gasteiger partial charge in [0.05, 0.1) is 24.2 Å². The van der Waals surface area contributed by atoms with E-state index in [1.54, 1.807) is 12.1 Å². The summed E-state index contributed by atoms with van der Waals surface area (Å²) in [7, 11) is -3.78. The second-order valence-electron chi connectivity index (χ2n) is 7.08. The molecule has 0 bridgehead atoms. The second kappa shape index (κ2) is 8.96. The van der Waals surface area contributed by atoms with Crippen molar-refractivity contribution in [1.29, 1.82) is 0 Å². The molecule has 0 aliphatic carbocycles. The summed E-state index contributed by atoms with van der Waals surface area (Å²) in [5, 5.41) is 0. The zero-order chi connectivity index (χ0) is 20.1. The Morgan fingerprint density at radius 3 is 2.46 bits per heavy atom. The number of carbonyl (C=O) groups excluding carboxylic acids is 1. The summed E-state index contributed by atoms with van der Waals surface area (Å²) in [6.07, 6.45) is 0. The summed E-state index contributed by atoms with van der Waals surface area (Å²) >= 11 is 0. The van der Waals surface area contributed by atoms with Gasteiger partial charge in [0.15, 0.2) is 5.78 Å². The minimum atomic E-state index is -3.78. The number of hydrogen-bond acceptors (Lipinski definition) is 5. The lowest BCUT2D eigenvalue weighted by molar-refractivity contribution is 0.0345. The van der Waals surface area contributed by atoms with Gasteiger partial charge >= 0.3 is 0 Å². The van der Waals surface area contributed by atoms with Crippen LogP contribution in [0, 0.1) is 6.92 Å². The first-order valence-corrected chi connectivity index (χ1v) is 10.8. The molecule has 2 aromatic rings. The third-order valence-corrected chi connectivity index (χ3v) is 6.34. The van der Waals surface area contributed by atoms with E-state index in [9.17, 15) is 13.2 Å². The average Bonchev–Trinajstić information content (AvgIpc) is 2.69. The van der Waals surface area contributed by atoms with Crippen molar-refractivity contribution >= 4 is 15.8 Å². The van der Waals surface area contributed by atoms with Crippen LogP contribution in [0.3, 0.4) is 0 Å². The minimum absolute atomic E-state index is 0.0966. The quantitative estimate of drug-likeness (QED) is 0.721. The van der Waals surface area contributed by atoms with Crippen LogP contribution in [0.5, 0.6) is 0 Å². The van der Waals surface area contributed by atoms with E-state index < -0.39 is 16.1 Å². The summed E-state index contributed by atoms with van der Waals surface area (Å²) in [6.45, 7) is 6.80. The predicted octanol–water partition coefficient (Wildman–Crippen LogP) is 2.55. The summed E-state index contributed by atoms with van der Waals surface area (Å²) in [6, 6.07) is 13.6. The van der Waals surface area contributed by atoms with Crippen LogP contribution in [0.2, 0.25) is 0 Å². The Morgan fingerprint density at radius 2 is 1.82 bits per heavy atom. The topological polar surface area (TPSA) is 75.7 Å². The number of benzene rings is 2. The summed E-state index contributed by atoms with van der Waals surface area (Å²) in [4.78, 5) is 13.9. The average molecular weight is 403 g/mol. The number of rotatable bonds is 7. The number of hydrogen-bond donors (Lipinski definition) is 1. The van der Waals surface area contributed by atoms with Crippen LogP contribution >= 0.6 is 0 Å². The van der Waals surface area contributed by atoms with Crippen molar-refractivity contribution in [2.75, 3.05) is 32.8 Å². The number of aryl methyl sites for hydroxylation is 1. The number of Topliss-reactive ketones (excluding diaryl/α,β-unsaturated/α-hetero) is 1. The molecule has 7 heteroatoms. The lowest BCUT2D eigenvalue weighted by Crippen LogP contribution is -2.43. The maximum atomic E-state index is 13.0. The van der Waals surface area contributed by atoms with E-state index in [0.29, 0.717) is 25.3 Å². The van der Waals surface area contributed by atoms with Crippen molar-refractivity contribution in [1.82, 2.24) is 9.62 Å². The molecule has 0 unspecified atom stereocenters. The number of nitrogens with zero attached hydrogens (tertiary/aromatic N) is 1. The van der Waals surface area contributed by atoms with Crippen LogP contribution in [0.4, 0.5) is 0 Å². The molecular weight excluding hydrogens is 376 g/mol. The van der Waals surface area contributed by atoms with Crippen LogP contribution in [-0.4, -0.2) is 51.9 Å². The van der Waals surface area contributed by atoms with Crippen LogP contribution in [-0.2, 0) is 14.8 Å². The zero-order valence-electron chi connectivity index (χ0n) is 16.2. The van der Waals surface area contributed by atoms with Gasteiger partial charge in [0, 0.05) is 25.2 Å². The Kier molecular flexibility index (Phi) is 6.61. The Morgan fingerprint density at radius 1 is 1.14 bits per heavy atom. The maximum absolute atomic E-state index is 13.0. The number of morpholine rings is 1. The van der Waals surface area contributed by atoms with Gasteiger partial charge in [0.2, 0.25) is 10.0 Å². The standard InChI is InChI=1S/C21H26N2O4S/c1-16-6-8-18(9-7-16)21(15-23-10-12-27-13-11-23)22-28(25,26)20-5-3-4-19(14-20)17(2)24/h3-9,14,21-22H,10-13,15H2,1-2H3/t21-/m0/s1. The highest BCUT2D eigenvalue weighted by atomic mass is 32.2. The van der Waals surface area contributed by atoms with Gasteiger partial charge in [-0.3, -0.25) is 9.69 Å². The highest BCUT2D eigenvalue weighted by molar-refractivity contribution is 7.89. The molecule has 1 fully saturated rings. The van der Waals surface area contributed by atoms with Crippen molar-refractivity contribution in [3.05, 3.63) is 65.2 Å². The van der Waals surface area contributed by atoms with Crippen molar-refractivity contribution in [3.63, 3.8) is 0 Å². The molecule has 1 N–H and O–H groups in total. The van der Waals surface area contributed by atoms with E-state index in [1.165, 1.54) is 19.1 Å². The monoisotopic (exact) mass is 402 g/mol. The van der Waals surface area contributed by atoms with Gasteiger partial charge < -0.3 is 4.74 Å². The number of ether oxygens (including phenoxy) is 1. The Bertz CT molecular complexity index is 920. The first-order valence-electron chi connectivity index (χ1n) is 9.35. The van der Waals surface area contributed by atoms with Gasteiger partial charge in [0.1, 0.15) is 0 Å². The number of carbonyl (C=O) groups is 1. The molecule has 0 amide bonds. The summed E-state index contributed by atoms with van der Waals surface area (Å²) < 4.78 is 34.3. The van der Waals surface area contributed by atoms with Gasteiger partial charge in [0.25, 0.3) is 0 Å². The second-order valence-corrected chi connectivity index (χ2v) is 8.80. The van der Waals surface area contributed by atoms with Crippen molar-refractivity contribution in [3.8, 4) is 0 Å². The molecule has 28 heavy (non-hydrogen) atoms. The van der Waals surface area contributed by atoms with Gasteiger partial charge in [-0.1, -0.05) is 42.0 Å². The van der Waals surface area contributed by atoms with Crippen LogP contribution in [0.1, 0.15) is 34.5 Å². The first kappa shape index (κ1) is 20.7. The smallest absolute Gasteiger partial charge is 0.241 e. The zero-order valence-corrected chi connectivity index (χ0v) is 17.0. The van der Waals surface area contributed by atoms with E-state index in [-0.39, 0.29) is 10.7 Å². The molecule has 1 heterocycles. The van der Waals surface area contributed by atoms with Crippen LogP contribution in [0.25, 0.3) is 0 Å². The van der Waals surface area contributed by atoms with Gasteiger partial charge in [-0.05, 0) is 31.5 Å². The lowest BCUT2D eigenvalue weighted by Gasteiger charge is -2.31. The first-order chi connectivity index (χ1) is 13.3. The summed E-state index contributed by atoms with van der Waals surface area (Å²) in [5.41, 5.74) is 2.40. The number of nitrogens with one attached hydrogen (secondary N) is 1. The van der Waals surface area contributed by atoms with Crippen LogP contribution in [0.15, 0.2) is 53.4 Å². The third-order valence-electron chi connectivity index (χ3n) is 4.87. The van der Waals surface area contributed by atoms with Crippen LogP contribution < -0.4 is 4.72 Å². The molecule has 0 saturated carbocycles. The lowest BCUT2D eigenvalue weighted by atomic mass is 10.1. The van der Waals surface area contributed by atoms with E-state index in [2.05, 4.69) is 9.62 Å². The fourth-order valence-electron chi connectivity index (χ4n) is 3.19. The van der Waals surface area contributed by atoms with E-state index >= 15 is 0 Å². The van der Waals surface area contributed by atoms with Gasteiger partial charge in [-0.25, -0.2) is 13.1 Å². The van der Waals surface area contributed by atoms with Gasteiger partial charge in [-0.2, -0.15) is 0 Å². The number of ketones is 1. The van der Waals surface area contributed by atoms with E-state index in [4.69, 9.17) is 4.74 Å². The van der Waals surface area contributed by atoms with E-state index in [0.717, 1.165) is 24.2 Å².